The Morgan fingerprint density at radius 2 is 0.615 bits per heavy atom. The van der Waals surface area contributed by atoms with Gasteiger partial charge in [0.05, 0.1) is 6.61 Å². The van der Waals surface area contributed by atoms with Gasteiger partial charge in [-0.2, -0.15) is 0 Å². The third-order valence-electron chi connectivity index (χ3n) is 8.92. The Kier molecular flexibility index (Phi) is 28.7. The molecule has 236 valence electrons. The summed E-state index contributed by atoms with van der Waals surface area (Å²) >= 11 is 0. The first-order chi connectivity index (χ1) is 18.9. The molecule has 4 heteroatoms. The van der Waals surface area contributed by atoms with Crippen LogP contribution in [0.15, 0.2) is 0 Å². The average molecular weight is 573 g/mol. The number of hydrogen-bond acceptors (Lipinski definition) is 3. The topological polar surface area (TPSA) is 60.7 Å². The third kappa shape index (κ3) is 23.6. The van der Waals surface area contributed by atoms with Crippen molar-refractivity contribution < 1.29 is 15.3 Å². The monoisotopic (exact) mass is 573 g/mol. The van der Waals surface area contributed by atoms with Crippen molar-refractivity contribution in [3.63, 3.8) is 0 Å². The lowest BCUT2D eigenvalue weighted by Crippen LogP contribution is -2.52. The van der Waals surface area contributed by atoms with Crippen LogP contribution >= 0.6 is 9.24 Å². The average Bonchev–Trinajstić information content (AvgIpc) is 2.93. The fourth-order valence-corrected chi connectivity index (χ4v) is 6.31. The van der Waals surface area contributed by atoms with Gasteiger partial charge in [0.15, 0.2) is 0 Å². The van der Waals surface area contributed by atoms with Crippen LogP contribution < -0.4 is 0 Å². The van der Waals surface area contributed by atoms with Crippen LogP contribution in [0.1, 0.15) is 206 Å². The Morgan fingerprint density at radius 1 is 0.385 bits per heavy atom. The van der Waals surface area contributed by atoms with Crippen molar-refractivity contribution in [3.8, 4) is 0 Å². The fraction of sp³-hybridized carbons (Fsp3) is 1.00. The first-order valence-corrected chi connectivity index (χ1v) is 18.4. The van der Waals surface area contributed by atoms with Gasteiger partial charge in [0.2, 0.25) is 0 Å². The minimum Gasteiger partial charge on any atom is -0.393 e. The highest BCUT2D eigenvalue weighted by molar-refractivity contribution is 7.18. The fourth-order valence-electron chi connectivity index (χ4n) is 5.87. The predicted octanol–water partition coefficient (Wildman–Crippen LogP) is 11.0. The summed E-state index contributed by atoms with van der Waals surface area (Å²) < 4.78 is 0. The number of unbranched alkanes of at least 4 members (excludes halogenated alkanes) is 26. The molecule has 0 bridgehead atoms. The van der Waals surface area contributed by atoms with E-state index >= 15 is 0 Å². The minimum absolute atomic E-state index is 0.371. The summed E-state index contributed by atoms with van der Waals surface area (Å²) in [5.41, 5.74) is -1.41. The van der Waals surface area contributed by atoms with E-state index in [1.54, 1.807) is 0 Å². The molecule has 0 fully saturated rings. The maximum atomic E-state index is 11.0. The Hall–Kier alpha value is 0.310. The Labute approximate surface area is 248 Å². The smallest absolute Gasteiger partial charge is 0.120 e. The van der Waals surface area contributed by atoms with E-state index in [0.717, 1.165) is 25.7 Å². The van der Waals surface area contributed by atoms with Crippen molar-refractivity contribution in [2.45, 2.75) is 217 Å². The van der Waals surface area contributed by atoms with Crippen LogP contribution in [-0.4, -0.2) is 32.9 Å². The Balaban J connectivity index is 3.70. The van der Waals surface area contributed by atoms with E-state index in [-0.39, 0.29) is 6.61 Å². The summed E-state index contributed by atoms with van der Waals surface area (Å²) in [7, 11) is 2.47. The van der Waals surface area contributed by atoms with Crippen LogP contribution in [0.3, 0.4) is 0 Å². The van der Waals surface area contributed by atoms with Gasteiger partial charge < -0.3 is 15.3 Å². The number of aliphatic hydroxyl groups is 3. The zero-order chi connectivity index (χ0) is 28.9. The molecule has 0 aromatic heterocycles. The molecule has 39 heavy (non-hydrogen) atoms. The lowest BCUT2D eigenvalue weighted by molar-refractivity contribution is -0.133. The second-order valence-electron chi connectivity index (χ2n) is 12.8. The van der Waals surface area contributed by atoms with Crippen molar-refractivity contribution in [1.82, 2.24) is 0 Å². The molecule has 0 radical (unpaired) electrons. The summed E-state index contributed by atoms with van der Waals surface area (Å²) in [6.45, 7) is 4.18. The molecule has 0 aromatic rings. The van der Waals surface area contributed by atoms with Crippen LogP contribution in [0.4, 0.5) is 0 Å². The minimum atomic E-state index is -1.41. The second kappa shape index (κ2) is 28.4. The molecule has 0 amide bonds. The van der Waals surface area contributed by atoms with E-state index in [2.05, 4.69) is 23.1 Å². The molecule has 3 nitrogen and oxygen atoms in total. The largest absolute Gasteiger partial charge is 0.393 e. The van der Waals surface area contributed by atoms with Crippen LogP contribution in [-0.2, 0) is 0 Å². The zero-order valence-electron chi connectivity index (χ0n) is 26.8. The lowest BCUT2D eigenvalue weighted by Gasteiger charge is -2.40. The highest BCUT2D eigenvalue weighted by atomic mass is 31.0. The maximum absolute atomic E-state index is 11.0. The number of hydrogen-bond donors (Lipinski definition) is 3. The zero-order valence-corrected chi connectivity index (χ0v) is 28.0. The Bertz CT molecular complexity index is 485. The second-order valence-corrected chi connectivity index (χ2v) is 13.8. The summed E-state index contributed by atoms with van der Waals surface area (Å²) in [6, 6.07) is 0. The van der Waals surface area contributed by atoms with Crippen molar-refractivity contribution in [3.05, 3.63) is 0 Å². The van der Waals surface area contributed by atoms with Crippen molar-refractivity contribution in [1.29, 1.82) is 0 Å². The molecular weight excluding hydrogens is 499 g/mol. The standard InChI is InChI=1S/C35H73O3P/c1-3-5-7-9-11-13-15-17-19-21-23-25-27-29-31-34(37,33-36)35(38,39)32-30-28-26-24-22-20-18-16-14-12-10-8-6-4-2/h36-38H,3-33,39H2,1-2H3. The number of rotatable bonds is 32. The SMILES string of the molecule is CCCCCCCCCCCCCCCCC(O)(P)C(O)(CO)CCCCCCCCCCCCCCCC. The molecule has 3 unspecified atom stereocenters. The molecule has 0 aliphatic carbocycles. The molecule has 0 aliphatic rings. The van der Waals surface area contributed by atoms with E-state index in [0.29, 0.717) is 12.8 Å². The van der Waals surface area contributed by atoms with Crippen LogP contribution in [0.2, 0.25) is 0 Å². The van der Waals surface area contributed by atoms with E-state index in [1.807, 2.05) is 0 Å². The quantitative estimate of drug-likeness (QED) is 0.0555. The summed E-state index contributed by atoms with van der Waals surface area (Å²) in [5.74, 6) is 0. The van der Waals surface area contributed by atoms with Crippen molar-refractivity contribution >= 4 is 9.24 Å². The van der Waals surface area contributed by atoms with Gasteiger partial charge in [0.1, 0.15) is 10.9 Å². The van der Waals surface area contributed by atoms with E-state index in [9.17, 15) is 15.3 Å². The van der Waals surface area contributed by atoms with Crippen molar-refractivity contribution in [2.75, 3.05) is 6.61 Å². The van der Waals surface area contributed by atoms with E-state index < -0.39 is 10.9 Å². The van der Waals surface area contributed by atoms with Gasteiger partial charge >= 0.3 is 0 Å². The molecule has 3 N–H and O–H groups in total. The third-order valence-corrected chi connectivity index (χ3v) is 9.75. The first-order valence-electron chi connectivity index (χ1n) is 17.8. The van der Waals surface area contributed by atoms with E-state index in [1.165, 1.54) is 154 Å². The number of aliphatic hydroxyl groups excluding tert-OH is 1. The van der Waals surface area contributed by atoms with Crippen molar-refractivity contribution in [2.24, 2.45) is 0 Å². The normalized spacial score (nSPS) is 14.9. The summed E-state index contributed by atoms with van der Waals surface area (Å²) in [4.78, 5) is 0. The van der Waals surface area contributed by atoms with Gasteiger partial charge in [-0.05, 0) is 12.8 Å². The van der Waals surface area contributed by atoms with Gasteiger partial charge in [0.25, 0.3) is 0 Å². The Morgan fingerprint density at radius 3 is 0.872 bits per heavy atom. The van der Waals surface area contributed by atoms with Gasteiger partial charge in [-0.25, -0.2) is 0 Å². The van der Waals surface area contributed by atoms with Gasteiger partial charge in [-0.3, -0.25) is 0 Å². The molecular formula is C35H73O3P. The van der Waals surface area contributed by atoms with Crippen LogP contribution in [0, 0.1) is 0 Å². The molecule has 0 aromatic carbocycles. The summed E-state index contributed by atoms with van der Waals surface area (Å²) in [6.07, 6.45) is 37.5. The highest BCUT2D eigenvalue weighted by Crippen LogP contribution is 2.38. The maximum Gasteiger partial charge on any atom is 0.120 e. The first kappa shape index (κ1) is 39.3. The van der Waals surface area contributed by atoms with Crippen LogP contribution in [0.25, 0.3) is 0 Å². The molecule has 0 aliphatic heterocycles. The molecule has 0 saturated carbocycles. The van der Waals surface area contributed by atoms with Gasteiger partial charge in [-0.1, -0.05) is 194 Å². The lowest BCUT2D eigenvalue weighted by atomic mass is 9.86. The molecule has 3 atom stereocenters. The van der Waals surface area contributed by atoms with Gasteiger partial charge in [-0.15, -0.1) is 9.24 Å². The molecule has 0 rings (SSSR count). The highest BCUT2D eigenvalue weighted by Gasteiger charge is 2.44. The molecule has 0 heterocycles. The predicted molar refractivity (Wildman–Crippen MR) is 177 cm³/mol. The molecule has 0 spiro atoms. The summed E-state index contributed by atoms with van der Waals surface area (Å²) in [5, 5.41) is 30.6. The van der Waals surface area contributed by atoms with Gasteiger partial charge in [0, 0.05) is 0 Å². The molecule has 0 saturated heterocycles. The van der Waals surface area contributed by atoms with Crippen LogP contribution in [0.5, 0.6) is 0 Å². The van der Waals surface area contributed by atoms with E-state index in [4.69, 9.17) is 0 Å².